The van der Waals surface area contributed by atoms with E-state index in [4.69, 9.17) is 28.6 Å². The van der Waals surface area contributed by atoms with Gasteiger partial charge in [0.25, 0.3) is 0 Å². The molecule has 0 aliphatic heterocycles. The Labute approximate surface area is 113 Å². The molecular formula is C13H16ClNOS. The molecule has 0 atom stereocenters. The van der Waals surface area contributed by atoms with Crippen molar-refractivity contribution in [3.8, 4) is 5.75 Å². The Balaban J connectivity index is 2.76. The Morgan fingerprint density at radius 2 is 2.12 bits per heavy atom. The van der Waals surface area contributed by atoms with Gasteiger partial charge in [0.05, 0.1) is 10.0 Å². The fraction of sp³-hybridized carbons (Fsp3) is 0.308. The first kappa shape index (κ1) is 14.0. The van der Waals surface area contributed by atoms with Crippen LogP contribution in [0.15, 0.2) is 29.8 Å². The first-order chi connectivity index (χ1) is 7.99. The third-order valence-corrected chi connectivity index (χ3v) is 2.40. The van der Waals surface area contributed by atoms with Crippen LogP contribution in [0.25, 0.3) is 0 Å². The van der Waals surface area contributed by atoms with Gasteiger partial charge in [0.1, 0.15) is 12.4 Å². The summed E-state index contributed by atoms with van der Waals surface area (Å²) in [5, 5.41) is 3.65. The fourth-order valence-corrected chi connectivity index (χ4v) is 1.48. The van der Waals surface area contributed by atoms with E-state index in [1.165, 1.54) is 5.57 Å². The minimum absolute atomic E-state index is 0.516. The molecule has 17 heavy (non-hydrogen) atoms. The van der Waals surface area contributed by atoms with Crippen molar-refractivity contribution in [3.63, 3.8) is 0 Å². The molecule has 0 radical (unpaired) electrons. The molecule has 0 bridgehead atoms. The molecule has 0 aliphatic carbocycles. The molecule has 0 fully saturated rings. The molecule has 0 heterocycles. The van der Waals surface area contributed by atoms with Crippen molar-refractivity contribution in [2.45, 2.75) is 20.8 Å². The van der Waals surface area contributed by atoms with Crippen LogP contribution in [0.2, 0.25) is 5.02 Å². The number of allylic oxidation sites excluding steroid dienone is 1. The van der Waals surface area contributed by atoms with E-state index in [2.05, 4.69) is 5.32 Å². The number of anilines is 1. The lowest BCUT2D eigenvalue weighted by molar-refractivity contribution is 0.362. The Morgan fingerprint density at radius 3 is 2.71 bits per heavy atom. The smallest absolute Gasteiger partial charge is 0.140 e. The largest absolute Gasteiger partial charge is 0.488 e. The first-order valence-corrected chi connectivity index (χ1v) is 6.11. The average Bonchev–Trinajstić information content (AvgIpc) is 2.21. The summed E-state index contributed by atoms with van der Waals surface area (Å²) in [5.41, 5.74) is 2.10. The predicted octanol–water partition coefficient (Wildman–Crippen LogP) is 4.44. The third kappa shape index (κ3) is 5.20. The molecular weight excluding hydrogens is 254 g/mol. The summed E-state index contributed by atoms with van der Waals surface area (Å²) in [7, 11) is 0. The Hall–Kier alpha value is -1.06. The van der Waals surface area contributed by atoms with Crippen molar-refractivity contribution in [1.29, 1.82) is 0 Å². The summed E-state index contributed by atoms with van der Waals surface area (Å²) >= 11 is 11.0. The van der Waals surface area contributed by atoms with Crippen LogP contribution in [0.3, 0.4) is 0 Å². The van der Waals surface area contributed by atoms with E-state index in [1.54, 1.807) is 6.07 Å². The average molecular weight is 270 g/mol. The van der Waals surface area contributed by atoms with Gasteiger partial charge in [0, 0.05) is 11.8 Å². The van der Waals surface area contributed by atoms with Crippen LogP contribution in [0, 0.1) is 0 Å². The first-order valence-electron chi connectivity index (χ1n) is 5.32. The number of hydrogen-bond donors (Lipinski definition) is 1. The maximum absolute atomic E-state index is 6.04. The van der Waals surface area contributed by atoms with E-state index < -0.39 is 0 Å². The molecule has 1 rings (SSSR count). The monoisotopic (exact) mass is 269 g/mol. The van der Waals surface area contributed by atoms with Crippen molar-refractivity contribution in [3.05, 3.63) is 34.9 Å². The van der Waals surface area contributed by atoms with Crippen molar-refractivity contribution < 1.29 is 4.74 Å². The second-order valence-corrected chi connectivity index (χ2v) is 4.94. The van der Waals surface area contributed by atoms with Crippen LogP contribution >= 0.6 is 23.8 Å². The number of halogens is 1. The highest BCUT2D eigenvalue weighted by Crippen LogP contribution is 2.27. The van der Waals surface area contributed by atoms with Gasteiger partial charge in [-0.15, -0.1) is 0 Å². The molecule has 0 amide bonds. The minimum atomic E-state index is 0.516. The summed E-state index contributed by atoms with van der Waals surface area (Å²) in [4.78, 5) is 0.711. The molecule has 92 valence electrons. The van der Waals surface area contributed by atoms with Gasteiger partial charge in [0.2, 0.25) is 0 Å². The molecule has 1 N–H and O–H groups in total. The van der Waals surface area contributed by atoms with Crippen LogP contribution in [-0.4, -0.2) is 11.6 Å². The number of thiocarbonyl (C=S) groups is 1. The van der Waals surface area contributed by atoms with Gasteiger partial charge in [-0.25, -0.2) is 0 Å². The van der Waals surface area contributed by atoms with Crippen LogP contribution in [0.5, 0.6) is 5.75 Å². The zero-order valence-electron chi connectivity index (χ0n) is 10.2. The number of rotatable bonds is 4. The van der Waals surface area contributed by atoms with Gasteiger partial charge in [-0.3, -0.25) is 0 Å². The van der Waals surface area contributed by atoms with Gasteiger partial charge in [-0.05, 0) is 39.0 Å². The van der Waals surface area contributed by atoms with Crippen molar-refractivity contribution in [2.24, 2.45) is 0 Å². The normalized spacial score (nSPS) is 9.65. The molecule has 0 spiro atoms. The zero-order chi connectivity index (χ0) is 12.8. The number of benzene rings is 1. The van der Waals surface area contributed by atoms with E-state index in [0.717, 1.165) is 5.69 Å². The Morgan fingerprint density at radius 1 is 1.41 bits per heavy atom. The van der Waals surface area contributed by atoms with Gasteiger partial charge < -0.3 is 10.1 Å². The summed E-state index contributed by atoms with van der Waals surface area (Å²) in [6, 6.07) is 5.50. The lowest BCUT2D eigenvalue weighted by atomic mass is 10.3. The summed E-state index contributed by atoms with van der Waals surface area (Å²) in [5.74, 6) is 0.658. The highest BCUT2D eigenvalue weighted by molar-refractivity contribution is 7.80. The number of hydrogen-bond acceptors (Lipinski definition) is 2. The molecule has 1 aromatic rings. The molecule has 0 aromatic heterocycles. The fourth-order valence-electron chi connectivity index (χ4n) is 1.19. The van der Waals surface area contributed by atoms with Crippen molar-refractivity contribution in [2.75, 3.05) is 11.9 Å². The SMILES string of the molecule is CC(=S)Nc1ccc(Cl)c(OCC=C(C)C)c1. The highest BCUT2D eigenvalue weighted by Gasteiger charge is 2.03. The number of ether oxygens (including phenoxy) is 1. The molecule has 1 aromatic carbocycles. The molecule has 0 aliphatic rings. The van der Waals surface area contributed by atoms with Crippen molar-refractivity contribution >= 4 is 34.5 Å². The number of nitrogens with one attached hydrogen (secondary N) is 1. The highest BCUT2D eigenvalue weighted by atomic mass is 35.5. The van der Waals surface area contributed by atoms with Crippen LogP contribution < -0.4 is 10.1 Å². The molecule has 2 nitrogen and oxygen atoms in total. The molecule has 0 saturated carbocycles. The molecule has 4 heteroatoms. The standard InChI is InChI=1S/C13H16ClNOS/c1-9(2)6-7-16-13-8-11(15-10(3)17)4-5-12(13)14/h4-6,8H,7H2,1-3H3,(H,15,17). The molecule has 0 unspecified atom stereocenters. The molecule has 0 saturated heterocycles. The summed E-state index contributed by atoms with van der Waals surface area (Å²) in [6.07, 6.45) is 2.00. The Bertz CT molecular complexity index is 439. The van der Waals surface area contributed by atoms with Crippen LogP contribution in [-0.2, 0) is 0 Å². The van der Waals surface area contributed by atoms with E-state index >= 15 is 0 Å². The van der Waals surface area contributed by atoms with E-state index in [0.29, 0.717) is 22.4 Å². The quantitative estimate of drug-likeness (QED) is 0.645. The second kappa shape index (κ2) is 6.62. The van der Waals surface area contributed by atoms with Crippen LogP contribution in [0.4, 0.5) is 5.69 Å². The summed E-state index contributed by atoms with van der Waals surface area (Å²) in [6.45, 7) is 6.40. The second-order valence-electron chi connectivity index (χ2n) is 3.92. The Kier molecular flexibility index (Phi) is 5.45. The topological polar surface area (TPSA) is 21.3 Å². The predicted molar refractivity (Wildman–Crippen MR) is 78.3 cm³/mol. The maximum atomic E-state index is 6.04. The van der Waals surface area contributed by atoms with Crippen molar-refractivity contribution in [1.82, 2.24) is 0 Å². The van der Waals surface area contributed by atoms with Gasteiger partial charge in [-0.2, -0.15) is 0 Å². The van der Waals surface area contributed by atoms with Gasteiger partial charge >= 0.3 is 0 Å². The lowest BCUT2D eigenvalue weighted by Crippen LogP contribution is -2.03. The van der Waals surface area contributed by atoms with E-state index in [-0.39, 0.29) is 0 Å². The summed E-state index contributed by atoms with van der Waals surface area (Å²) < 4.78 is 5.58. The van der Waals surface area contributed by atoms with Gasteiger partial charge in [-0.1, -0.05) is 29.4 Å². The van der Waals surface area contributed by atoms with Crippen LogP contribution in [0.1, 0.15) is 20.8 Å². The van der Waals surface area contributed by atoms with Gasteiger partial charge in [0.15, 0.2) is 0 Å². The van der Waals surface area contributed by atoms with E-state index in [9.17, 15) is 0 Å². The third-order valence-electron chi connectivity index (χ3n) is 1.98. The minimum Gasteiger partial charge on any atom is -0.488 e. The van der Waals surface area contributed by atoms with E-state index in [1.807, 2.05) is 39.0 Å². The maximum Gasteiger partial charge on any atom is 0.140 e. The lowest BCUT2D eigenvalue weighted by Gasteiger charge is -2.09. The zero-order valence-corrected chi connectivity index (χ0v) is 11.8.